The van der Waals surface area contributed by atoms with E-state index in [-0.39, 0.29) is 11.9 Å². The maximum Gasteiger partial charge on any atom is 0.253 e. The van der Waals surface area contributed by atoms with Crippen molar-refractivity contribution in [2.75, 3.05) is 5.43 Å². The highest BCUT2D eigenvalue weighted by Crippen LogP contribution is 2.11. The zero-order chi connectivity index (χ0) is 10.6. The quantitative estimate of drug-likeness (QED) is 0.483. The summed E-state index contributed by atoms with van der Waals surface area (Å²) < 4.78 is 0. The molecule has 0 saturated heterocycles. The maximum absolute atomic E-state index is 11.6. The summed E-state index contributed by atoms with van der Waals surface area (Å²) in [5.74, 6) is 5.09. The molecule has 76 valence electrons. The fourth-order valence-corrected chi connectivity index (χ4v) is 1.05. The van der Waals surface area contributed by atoms with E-state index in [2.05, 4.69) is 15.7 Å². The minimum atomic E-state index is -0.157. The Bertz CT molecular complexity index is 324. The molecule has 0 saturated carbocycles. The third-order valence-electron chi connectivity index (χ3n) is 1.64. The number of amides is 1. The molecule has 0 aliphatic heterocycles. The number of hydrogen-bond acceptors (Lipinski definition) is 4. The summed E-state index contributed by atoms with van der Waals surface area (Å²) in [4.78, 5) is 15.5. The SMILES string of the molecule is CC(C)NC(=O)c1ccncc1NN. The first-order valence-electron chi connectivity index (χ1n) is 4.36. The molecule has 0 spiro atoms. The summed E-state index contributed by atoms with van der Waals surface area (Å²) in [7, 11) is 0. The van der Waals surface area contributed by atoms with Gasteiger partial charge in [-0.25, -0.2) is 0 Å². The van der Waals surface area contributed by atoms with Gasteiger partial charge in [-0.15, -0.1) is 0 Å². The van der Waals surface area contributed by atoms with Gasteiger partial charge >= 0.3 is 0 Å². The van der Waals surface area contributed by atoms with E-state index >= 15 is 0 Å². The number of carbonyl (C=O) groups excluding carboxylic acids is 1. The van der Waals surface area contributed by atoms with E-state index in [0.717, 1.165) is 0 Å². The van der Waals surface area contributed by atoms with Gasteiger partial charge in [0.1, 0.15) is 0 Å². The Morgan fingerprint density at radius 1 is 1.57 bits per heavy atom. The number of nitrogens with two attached hydrogens (primary N) is 1. The summed E-state index contributed by atoms with van der Waals surface area (Å²) in [5, 5.41) is 2.77. The summed E-state index contributed by atoms with van der Waals surface area (Å²) >= 11 is 0. The Morgan fingerprint density at radius 3 is 2.86 bits per heavy atom. The molecular weight excluding hydrogens is 180 g/mol. The van der Waals surface area contributed by atoms with E-state index in [9.17, 15) is 4.79 Å². The maximum atomic E-state index is 11.6. The molecule has 0 aliphatic rings. The molecule has 4 N–H and O–H groups in total. The third-order valence-corrected chi connectivity index (χ3v) is 1.64. The zero-order valence-corrected chi connectivity index (χ0v) is 8.24. The zero-order valence-electron chi connectivity index (χ0n) is 8.24. The summed E-state index contributed by atoms with van der Waals surface area (Å²) in [6.45, 7) is 3.79. The van der Waals surface area contributed by atoms with Crippen molar-refractivity contribution in [3.8, 4) is 0 Å². The molecule has 0 atom stereocenters. The highest BCUT2D eigenvalue weighted by molar-refractivity contribution is 5.99. The molecule has 5 nitrogen and oxygen atoms in total. The van der Waals surface area contributed by atoms with Crippen LogP contribution < -0.4 is 16.6 Å². The van der Waals surface area contributed by atoms with Crippen LogP contribution in [0.15, 0.2) is 18.5 Å². The standard InChI is InChI=1S/C9H14N4O/c1-6(2)12-9(14)7-3-4-11-5-8(7)13-10/h3-6,13H,10H2,1-2H3,(H,12,14). The summed E-state index contributed by atoms with van der Waals surface area (Å²) in [6.07, 6.45) is 3.06. The second-order valence-corrected chi connectivity index (χ2v) is 3.19. The van der Waals surface area contributed by atoms with Gasteiger partial charge in [-0.05, 0) is 19.9 Å². The molecular formula is C9H14N4O. The van der Waals surface area contributed by atoms with Gasteiger partial charge < -0.3 is 10.7 Å². The predicted octanol–water partition coefficient (Wildman–Crippen LogP) is 0.505. The molecule has 1 heterocycles. The monoisotopic (exact) mass is 194 g/mol. The lowest BCUT2D eigenvalue weighted by Crippen LogP contribution is -2.31. The summed E-state index contributed by atoms with van der Waals surface area (Å²) in [5.41, 5.74) is 3.44. The van der Waals surface area contributed by atoms with Crippen LogP contribution in [0.3, 0.4) is 0 Å². The van der Waals surface area contributed by atoms with E-state index in [4.69, 9.17) is 5.84 Å². The smallest absolute Gasteiger partial charge is 0.253 e. The van der Waals surface area contributed by atoms with Crippen LogP contribution in [0.2, 0.25) is 0 Å². The van der Waals surface area contributed by atoms with Crippen LogP contribution in [0, 0.1) is 0 Å². The second kappa shape index (κ2) is 4.57. The van der Waals surface area contributed by atoms with Crippen LogP contribution in [0.1, 0.15) is 24.2 Å². The molecule has 1 rings (SSSR count). The summed E-state index contributed by atoms with van der Waals surface area (Å²) in [6, 6.07) is 1.72. The minimum absolute atomic E-state index is 0.0984. The molecule has 1 aromatic heterocycles. The van der Waals surface area contributed by atoms with Crippen LogP contribution in [0.25, 0.3) is 0 Å². The third kappa shape index (κ3) is 2.43. The second-order valence-electron chi connectivity index (χ2n) is 3.19. The minimum Gasteiger partial charge on any atom is -0.350 e. The van der Waals surface area contributed by atoms with Gasteiger partial charge in [0.2, 0.25) is 0 Å². The lowest BCUT2D eigenvalue weighted by atomic mass is 10.2. The molecule has 0 aromatic carbocycles. The van der Waals surface area contributed by atoms with Crippen LogP contribution >= 0.6 is 0 Å². The van der Waals surface area contributed by atoms with Crippen molar-refractivity contribution in [3.05, 3.63) is 24.0 Å². The van der Waals surface area contributed by atoms with Crippen molar-refractivity contribution in [3.63, 3.8) is 0 Å². The number of hydrazine groups is 1. The number of rotatable bonds is 3. The first kappa shape index (κ1) is 10.5. The topological polar surface area (TPSA) is 80.0 Å². The highest BCUT2D eigenvalue weighted by Gasteiger charge is 2.10. The number of anilines is 1. The first-order chi connectivity index (χ1) is 6.65. The molecule has 0 radical (unpaired) electrons. The normalized spacial score (nSPS) is 10.0. The van der Waals surface area contributed by atoms with Gasteiger partial charge in [0.15, 0.2) is 0 Å². The van der Waals surface area contributed by atoms with Gasteiger partial charge in [0, 0.05) is 12.2 Å². The Labute approximate surface area is 82.7 Å². The van der Waals surface area contributed by atoms with Crippen molar-refractivity contribution in [2.45, 2.75) is 19.9 Å². The fraction of sp³-hybridized carbons (Fsp3) is 0.333. The van der Waals surface area contributed by atoms with E-state index in [1.807, 2.05) is 13.8 Å². The number of hydrogen-bond donors (Lipinski definition) is 3. The van der Waals surface area contributed by atoms with Crippen LogP contribution in [-0.4, -0.2) is 16.9 Å². The van der Waals surface area contributed by atoms with E-state index in [1.165, 1.54) is 6.20 Å². The lowest BCUT2D eigenvalue weighted by Gasteiger charge is -2.10. The van der Waals surface area contributed by atoms with E-state index < -0.39 is 0 Å². The Morgan fingerprint density at radius 2 is 2.29 bits per heavy atom. The Kier molecular flexibility index (Phi) is 3.41. The number of pyridine rings is 1. The van der Waals surface area contributed by atoms with E-state index in [1.54, 1.807) is 12.3 Å². The van der Waals surface area contributed by atoms with Gasteiger partial charge in [-0.2, -0.15) is 0 Å². The first-order valence-corrected chi connectivity index (χ1v) is 4.36. The van der Waals surface area contributed by atoms with Crippen molar-refractivity contribution in [1.82, 2.24) is 10.3 Å². The molecule has 5 heteroatoms. The van der Waals surface area contributed by atoms with Crippen molar-refractivity contribution in [2.24, 2.45) is 5.84 Å². The number of aromatic nitrogens is 1. The van der Waals surface area contributed by atoms with E-state index in [0.29, 0.717) is 11.3 Å². The van der Waals surface area contributed by atoms with Gasteiger partial charge in [0.05, 0.1) is 17.4 Å². The number of carbonyl (C=O) groups is 1. The molecule has 0 bridgehead atoms. The van der Waals surface area contributed by atoms with Gasteiger partial charge in [-0.1, -0.05) is 0 Å². The average Bonchev–Trinajstić information content (AvgIpc) is 2.16. The molecule has 0 fully saturated rings. The molecule has 1 aromatic rings. The van der Waals surface area contributed by atoms with Crippen LogP contribution in [0.4, 0.5) is 5.69 Å². The molecule has 1 amide bonds. The van der Waals surface area contributed by atoms with Gasteiger partial charge in [-0.3, -0.25) is 15.6 Å². The Hall–Kier alpha value is -1.62. The van der Waals surface area contributed by atoms with Crippen LogP contribution in [-0.2, 0) is 0 Å². The van der Waals surface area contributed by atoms with Crippen molar-refractivity contribution in [1.29, 1.82) is 0 Å². The van der Waals surface area contributed by atoms with Crippen LogP contribution in [0.5, 0.6) is 0 Å². The lowest BCUT2D eigenvalue weighted by molar-refractivity contribution is 0.0944. The number of nitrogens with zero attached hydrogens (tertiary/aromatic N) is 1. The Balaban J connectivity index is 2.88. The molecule has 14 heavy (non-hydrogen) atoms. The predicted molar refractivity (Wildman–Crippen MR) is 54.6 cm³/mol. The fourth-order valence-electron chi connectivity index (χ4n) is 1.05. The van der Waals surface area contributed by atoms with Crippen molar-refractivity contribution >= 4 is 11.6 Å². The largest absolute Gasteiger partial charge is 0.350 e. The average molecular weight is 194 g/mol. The van der Waals surface area contributed by atoms with Crippen molar-refractivity contribution < 1.29 is 4.79 Å². The highest BCUT2D eigenvalue weighted by atomic mass is 16.1. The number of nitrogen functional groups attached to an aromatic ring is 1. The molecule has 0 unspecified atom stereocenters. The molecule has 0 aliphatic carbocycles. The number of nitrogens with one attached hydrogen (secondary N) is 2. The van der Waals surface area contributed by atoms with Gasteiger partial charge in [0.25, 0.3) is 5.91 Å².